The smallest absolute Gasteiger partial charge is 0.0568 e. The molecule has 0 aromatic heterocycles. The van der Waals surface area contributed by atoms with Crippen LogP contribution in [0.3, 0.4) is 0 Å². The molecule has 0 bridgehead atoms. The normalized spacial score (nSPS) is 12.5. The molecule has 0 amide bonds. The lowest BCUT2D eigenvalue weighted by Gasteiger charge is -2.35. The number of benzene rings is 2. The highest BCUT2D eigenvalue weighted by atomic mass is 16.3. The highest BCUT2D eigenvalue weighted by Crippen LogP contribution is 2.38. The Bertz CT molecular complexity index is 555. The van der Waals surface area contributed by atoms with Gasteiger partial charge in [0.1, 0.15) is 0 Å². The Morgan fingerprint density at radius 2 is 1.52 bits per heavy atom. The third-order valence-electron chi connectivity index (χ3n) is 4.00. The minimum Gasteiger partial charge on any atom is -0.395 e. The summed E-state index contributed by atoms with van der Waals surface area (Å²) in [4.78, 5) is 0. The highest BCUT2D eigenvalue weighted by Gasteiger charge is 2.34. The number of hydrogen-bond acceptors (Lipinski definition) is 1. The van der Waals surface area contributed by atoms with Crippen LogP contribution in [0.4, 0.5) is 0 Å². The second-order valence-corrected chi connectivity index (χ2v) is 5.52. The molecule has 0 aliphatic heterocycles. The summed E-state index contributed by atoms with van der Waals surface area (Å²) in [5.74, 6) is 0.287. The molecule has 21 heavy (non-hydrogen) atoms. The van der Waals surface area contributed by atoms with E-state index in [2.05, 4.69) is 43.5 Å². The van der Waals surface area contributed by atoms with Crippen LogP contribution in [-0.4, -0.2) is 11.7 Å². The molecule has 1 N–H and O–H groups in total. The Morgan fingerprint density at radius 1 is 1.05 bits per heavy atom. The van der Waals surface area contributed by atoms with Gasteiger partial charge in [-0.3, -0.25) is 0 Å². The van der Waals surface area contributed by atoms with E-state index in [9.17, 15) is 5.11 Å². The van der Waals surface area contributed by atoms with E-state index in [4.69, 9.17) is 0 Å². The monoisotopic (exact) mass is 278 g/mol. The van der Waals surface area contributed by atoms with Crippen molar-refractivity contribution in [3.63, 3.8) is 0 Å². The Balaban J connectivity index is 2.54. The van der Waals surface area contributed by atoms with Crippen molar-refractivity contribution in [2.24, 2.45) is 5.92 Å². The van der Waals surface area contributed by atoms with Crippen molar-refractivity contribution in [1.82, 2.24) is 0 Å². The van der Waals surface area contributed by atoms with Crippen LogP contribution in [0, 0.1) is 5.92 Å². The second-order valence-electron chi connectivity index (χ2n) is 5.52. The van der Waals surface area contributed by atoms with Gasteiger partial charge in [0, 0.05) is 5.41 Å². The molecule has 1 heteroatoms. The van der Waals surface area contributed by atoms with Crippen molar-refractivity contribution in [1.29, 1.82) is 0 Å². The molecule has 2 rings (SSSR count). The van der Waals surface area contributed by atoms with E-state index in [0.29, 0.717) is 0 Å². The van der Waals surface area contributed by atoms with Crippen LogP contribution in [0.1, 0.15) is 24.5 Å². The maximum absolute atomic E-state index is 10.3. The first-order valence-corrected chi connectivity index (χ1v) is 7.31. The molecule has 0 saturated carbocycles. The third-order valence-corrected chi connectivity index (χ3v) is 4.00. The lowest BCUT2D eigenvalue weighted by atomic mass is 9.70. The predicted molar refractivity (Wildman–Crippen MR) is 88.2 cm³/mol. The van der Waals surface area contributed by atoms with Gasteiger partial charge < -0.3 is 5.11 Å². The number of aliphatic hydroxyl groups is 1. The first kappa shape index (κ1) is 15.3. The average Bonchev–Trinajstić information content (AvgIpc) is 2.54. The molecule has 1 atom stereocenters. The van der Waals surface area contributed by atoms with Gasteiger partial charge in [0.15, 0.2) is 0 Å². The molecule has 1 unspecified atom stereocenters. The van der Waals surface area contributed by atoms with Gasteiger partial charge in [-0.2, -0.15) is 0 Å². The van der Waals surface area contributed by atoms with Crippen LogP contribution in [-0.2, 0) is 5.41 Å². The van der Waals surface area contributed by atoms with Gasteiger partial charge in [0.2, 0.25) is 0 Å². The van der Waals surface area contributed by atoms with Crippen LogP contribution >= 0.6 is 0 Å². The standard InChI is InChI=1S/C20H22O/c1-3-10-17(2)15-20(16-21,18-11-6-4-7-12-18)19-13-8-5-9-14-19/h4-14,17,21H,1,15-16H2,2H3. The summed E-state index contributed by atoms with van der Waals surface area (Å²) >= 11 is 0. The first-order chi connectivity index (χ1) is 10.2. The van der Waals surface area contributed by atoms with Gasteiger partial charge in [-0.15, -0.1) is 5.73 Å². The second kappa shape index (κ2) is 7.08. The van der Waals surface area contributed by atoms with Crippen LogP contribution in [0.5, 0.6) is 0 Å². The van der Waals surface area contributed by atoms with E-state index in [0.717, 1.165) is 17.5 Å². The molecule has 1 nitrogen and oxygen atoms in total. The molecular weight excluding hydrogens is 256 g/mol. The van der Waals surface area contributed by atoms with Gasteiger partial charge >= 0.3 is 0 Å². The number of aliphatic hydroxyl groups excluding tert-OH is 1. The van der Waals surface area contributed by atoms with Crippen molar-refractivity contribution in [3.8, 4) is 0 Å². The van der Waals surface area contributed by atoms with Crippen LogP contribution in [0.15, 0.2) is 79.0 Å². The lowest BCUT2D eigenvalue weighted by Crippen LogP contribution is -2.33. The fourth-order valence-corrected chi connectivity index (χ4v) is 2.97. The molecule has 108 valence electrons. The zero-order chi connectivity index (χ0) is 15.1. The highest BCUT2D eigenvalue weighted by molar-refractivity contribution is 5.39. The lowest BCUT2D eigenvalue weighted by molar-refractivity contribution is 0.202. The predicted octanol–water partition coefficient (Wildman–Crippen LogP) is 4.33. The van der Waals surface area contributed by atoms with E-state index in [1.165, 1.54) is 0 Å². The summed E-state index contributed by atoms with van der Waals surface area (Å²) < 4.78 is 0. The maximum Gasteiger partial charge on any atom is 0.0568 e. The quantitative estimate of drug-likeness (QED) is 0.780. The Labute approximate surface area is 127 Å². The van der Waals surface area contributed by atoms with Crippen molar-refractivity contribution in [3.05, 3.63) is 90.2 Å². The summed E-state index contributed by atoms with van der Waals surface area (Å²) in [5, 5.41) is 10.3. The molecule has 0 spiro atoms. The fraction of sp³-hybridized carbons (Fsp3) is 0.250. The number of allylic oxidation sites excluding steroid dienone is 1. The molecule has 0 radical (unpaired) electrons. The maximum atomic E-state index is 10.3. The zero-order valence-corrected chi connectivity index (χ0v) is 12.5. The van der Waals surface area contributed by atoms with E-state index in [-0.39, 0.29) is 12.5 Å². The third kappa shape index (κ3) is 3.33. The van der Waals surface area contributed by atoms with Gasteiger partial charge in [-0.05, 0) is 29.5 Å². The Morgan fingerprint density at radius 3 is 1.90 bits per heavy atom. The summed E-state index contributed by atoms with van der Waals surface area (Å²) in [7, 11) is 0. The fourth-order valence-electron chi connectivity index (χ4n) is 2.97. The van der Waals surface area contributed by atoms with Gasteiger partial charge in [0.05, 0.1) is 6.61 Å². The molecule has 0 aliphatic carbocycles. The van der Waals surface area contributed by atoms with Gasteiger partial charge in [0.25, 0.3) is 0 Å². The SMILES string of the molecule is C=C=CC(C)CC(CO)(c1ccccc1)c1ccccc1. The van der Waals surface area contributed by atoms with E-state index in [1.54, 1.807) is 0 Å². The molecule has 0 fully saturated rings. The van der Waals surface area contributed by atoms with Crippen molar-refractivity contribution in [2.75, 3.05) is 6.61 Å². The number of hydrogen-bond donors (Lipinski definition) is 1. The molecule has 0 heterocycles. The van der Waals surface area contributed by atoms with E-state index in [1.807, 2.05) is 42.5 Å². The largest absolute Gasteiger partial charge is 0.395 e. The molecule has 0 aliphatic rings. The minimum atomic E-state index is -0.394. The van der Waals surface area contributed by atoms with E-state index >= 15 is 0 Å². The van der Waals surface area contributed by atoms with Crippen molar-refractivity contribution < 1.29 is 5.11 Å². The minimum absolute atomic E-state index is 0.0797. The molecule has 0 saturated heterocycles. The molecule has 2 aromatic rings. The van der Waals surface area contributed by atoms with Crippen LogP contribution in [0.25, 0.3) is 0 Å². The van der Waals surface area contributed by atoms with E-state index < -0.39 is 5.41 Å². The zero-order valence-electron chi connectivity index (χ0n) is 12.5. The van der Waals surface area contributed by atoms with Gasteiger partial charge in [-0.1, -0.05) is 74.2 Å². The summed E-state index contributed by atoms with van der Waals surface area (Å²) in [6.07, 6.45) is 2.79. The summed E-state index contributed by atoms with van der Waals surface area (Å²) in [6.45, 7) is 5.87. The molecular formula is C20H22O. The average molecular weight is 278 g/mol. The van der Waals surface area contributed by atoms with Crippen LogP contribution in [0.2, 0.25) is 0 Å². The topological polar surface area (TPSA) is 20.2 Å². The van der Waals surface area contributed by atoms with Crippen molar-refractivity contribution >= 4 is 0 Å². The summed E-state index contributed by atoms with van der Waals surface area (Å²) in [5.41, 5.74) is 4.75. The summed E-state index contributed by atoms with van der Waals surface area (Å²) in [6, 6.07) is 20.5. The number of rotatable bonds is 6. The first-order valence-electron chi connectivity index (χ1n) is 7.31. The van der Waals surface area contributed by atoms with Gasteiger partial charge in [-0.25, -0.2) is 0 Å². The Kier molecular flexibility index (Phi) is 5.16. The Hall–Kier alpha value is -2.08. The van der Waals surface area contributed by atoms with Crippen LogP contribution < -0.4 is 0 Å². The molecule has 2 aromatic carbocycles. The van der Waals surface area contributed by atoms with Crippen molar-refractivity contribution in [2.45, 2.75) is 18.8 Å².